The topological polar surface area (TPSA) is 79.5 Å². The number of benzene rings is 2. The third kappa shape index (κ3) is 4.44. The number of carbonyl (C=O) groups excluding carboxylic acids is 2. The van der Waals surface area contributed by atoms with Crippen molar-refractivity contribution in [3.8, 4) is 0 Å². The van der Waals surface area contributed by atoms with Crippen LogP contribution in [0.5, 0.6) is 0 Å². The first-order valence-electron chi connectivity index (χ1n) is 8.60. The van der Waals surface area contributed by atoms with Crippen molar-refractivity contribution in [2.45, 2.75) is 13.0 Å². The molecular weight excluding hydrogens is 349 g/mol. The van der Waals surface area contributed by atoms with Gasteiger partial charge in [-0.25, -0.2) is 14.0 Å². The Labute approximate surface area is 156 Å². The quantitative estimate of drug-likeness (QED) is 0.684. The van der Waals surface area contributed by atoms with Gasteiger partial charge in [-0.15, -0.1) is 0 Å². The first-order valence-corrected chi connectivity index (χ1v) is 8.60. The summed E-state index contributed by atoms with van der Waals surface area (Å²) in [5, 5.41) is 8.54. The highest BCUT2D eigenvalue weighted by molar-refractivity contribution is 5.95. The second-order valence-electron chi connectivity index (χ2n) is 5.92. The van der Waals surface area contributed by atoms with Gasteiger partial charge in [0.2, 0.25) is 0 Å². The molecule has 2 aromatic carbocycles. The van der Waals surface area contributed by atoms with E-state index in [0.717, 1.165) is 5.56 Å². The first kappa shape index (κ1) is 18.4. The summed E-state index contributed by atoms with van der Waals surface area (Å²) in [6.45, 7) is 2.12. The monoisotopic (exact) mass is 369 g/mol. The number of hydrogen-bond donors (Lipinski definition) is 3. The molecule has 0 saturated heterocycles. The highest BCUT2D eigenvalue weighted by Crippen LogP contribution is 2.27. The molecule has 1 atom stereocenters. The molecule has 0 aromatic heterocycles. The largest absolute Gasteiger partial charge is 0.463 e. The summed E-state index contributed by atoms with van der Waals surface area (Å²) < 4.78 is 18.3. The number of halogens is 1. The summed E-state index contributed by atoms with van der Waals surface area (Å²) in [7, 11) is 0. The Bertz CT molecular complexity index is 851. The number of urea groups is 1. The summed E-state index contributed by atoms with van der Waals surface area (Å²) in [5.74, 6) is -0.846. The molecule has 1 unspecified atom stereocenters. The van der Waals surface area contributed by atoms with Crippen LogP contribution in [0.15, 0.2) is 65.9 Å². The zero-order valence-electron chi connectivity index (χ0n) is 14.8. The number of esters is 1. The zero-order chi connectivity index (χ0) is 19.2. The Morgan fingerprint density at radius 3 is 2.52 bits per heavy atom. The maximum atomic E-state index is 13.1. The van der Waals surface area contributed by atoms with E-state index >= 15 is 0 Å². The van der Waals surface area contributed by atoms with Crippen LogP contribution in [0.2, 0.25) is 0 Å². The van der Waals surface area contributed by atoms with Gasteiger partial charge in [-0.05, 0) is 36.8 Å². The Balaban J connectivity index is 1.93. The van der Waals surface area contributed by atoms with E-state index in [9.17, 15) is 14.0 Å². The molecule has 0 bridgehead atoms. The zero-order valence-corrected chi connectivity index (χ0v) is 14.8. The first-order chi connectivity index (χ1) is 13.1. The SMILES string of the molecule is CCOC(=O)C1=C(CNc2ccc(F)cc2)NC(=O)NC1c1ccccc1. The van der Waals surface area contributed by atoms with Crippen molar-refractivity contribution in [3.63, 3.8) is 0 Å². The Morgan fingerprint density at radius 1 is 1.15 bits per heavy atom. The number of anilines is 1. The molecule has 0 aliphatic carbocycles. The molecule has 2 amide bonds. The molecule has 1 aliphatic rings. The summed E-state index contributed by atoms with van der Waals surface area (Å²) in [6, 6.07) is 14.0. The number of ether oxygens (including phenoxy) is 1. The number of nitrogens with one attached hydrogen (secondary N) is 3. The summed E-state index contributed by atoms with van der Waals surface area (Å²) in [6.07, 6.45) is 0. The number of carbonyl (C=O) groups is 2. The molecule has 1 heterocycles. The molecule has 3 N–H and O–H groups in total. The minimum atomic E-state index is -0.621. The fourth-order valence-electron chi connectivity index (χ4n) is 2.86. The maximum absolute atomic E-state index is 13.1. The van der Waals surface area contributed by atoms with E-state index in [1.165, 1.54) is 12.1 Å². The average molecular weight is 369 g/mol. The van der Waals surface area contributed by atoms with Crippen LogP contribution >= 0.6 is 0 Å². The van der Waals surface area contributed by atoms with Crippen molar-refractivity contribution in [1.29, 1.82) is 0 Å². The summed E-state index contributed by atoms with van der Waals surface area (Å²) in [5.41, 5.74) is 2.18. The van der Waals surface area contributed by atoms with Gasteiger partial charge in [-0.2, -0.15) is 0 Å². The Hall–Kier alpha value is -3.35. The van der Waals surface area contributed by atoms with Crippen LogP contribution in [0.3, 0.4) is 0 Å². The average Bonchev–Trinajstić information content (AvgIpc) is 2.68. The third-order valence-corrected chi connectivity index (χ3v) is 4.10. The summed E-state index contributed by atoms with van der Waals surface area (Å²) in [4.78, 5) is 24.8. The maximum Gasteiger partial charge on any atom is 0.338 e. The molecular formula is C20H20FN3O3. The van der Waals surface area contributed by atoms with Gasteiger partial charge in [0, 0.05) is 5.69 Å². The Kier molecular flexibility index (Phi) is 5.71. The van der Waals surface area contributed by atoms with Crippen molar-refractivity contribution in [3.05, 3.63) is 77.2 Å². The second kappa shape index (κ2) is 8.35. The van der Waals surface area contributed by atoms with E-state index in [-0.39, 0.29) is 19.0 Å². The van der Waals surface area contributed by atoms with E-state index in [0.29, 0.717) is 17.0 Å². The molecule has 27 heavy (non-hydrogen) atoms. The molecule has 6 nitrogen and oxygen atoms in total. The molecule has 0 saturated carbocycles. The molecule has 7 heteroatoms. The standard InChI is InChI=1S/C20H20FN3O3/c1-2-27-19(25)17-16(12-22-15-10-8-14(21)9-11-15)23-20(26)24-18(17)13-6-4-3-5-7-13/h3-11,18,22H,2,12H2,1H3,(H2,23,24,26). The van der Waals surface area contributed by atoms with Gasteiger partial charge in [-0.3, -0.25) is 0 Å². The van der Waals surface area contributed by atoms with Crippen LogP contribution in [0.1, 0.15) is 18.5 Å². The van der Waals surface area contributed by atoms with E-state index < -0.39 is 18.0 Å². The van der Waals surface area contributed by atoms with Gasteiger partial charge in [0.15, 0.2) is 0 Å². The van der Waals surface area contributed by atoms with Crippen molar-refractivity contribution in [2.24, 2.45) is 0 Å². The van der Waals surface area contributed by atoms with E-state index in [4.69, 9.17) is 4.74 Å². The van der Waals surface area contributed by atoms with Crippen LogP contribution in [0.4, 0.5) is 14.9 Å². The van der Waals surface area contributed by atoms with E-state index in [1.54, 1.807) is 19.1 Å². The van der Waals surface area contributed by atoms with Crippen LogP contribution in [0, 0.1) is 5.82 Å². The van der Waals surface area contributed by atoms with Gasteiger partial charge in [-0.1, -0.05) is 30.3 Å². The molecule has 1 aliphatic heterocycles. The van der Waals surface area contributed by atoms with Gasteiger partial charge >= 0.3 is 12.0 Å². The van der Waals surface area contributed by atoms with Gasteiger partial charge < -0.3 is 20.7 Å². The molecule has 3 rings (SSSR count). The van der Waals surface area contributed by atoms with Crippen molar-refractivity contribution < 1.29 is 18.7 Å². The van der Waals surface area contributed by atoms with Crippen LogP contribution in [-0.4, -0.2) is 25.2 Å². The smallest absolute Gasteiger partial charge is 0.338 e. The molecule has 0 spiro atoms. The highest BCUT2D eigenvalue weighted by atomic mass is 19.1. The van der Waals surface area contributed by atoms with Gasteiger partial charge in [0.05, 0.1) is 30.5 Å². The normalized spacial score (nSPS) is 16.4. The molecule has 0 radical (unpaired) electrons. The molecule has 0 fully saturated rings. The summed E-state index contributed by atoms with van der Waals surface area (Å²) >= 11 is 0. The number of rotatable bonds is 6. The fraction of sp³-hybridized carbons (Fsp3) is 0.200. The van der Waals surface area contributed by atoms with Crippen LogP contribution in [0.25, 0.3) is 0 Å². The van der Waals surface area contributed by atoms with E-state index in [2.05, 4.69) is 16.0 Å². The lowest BCUT2D eigenvalue weighted by atomic mass is 9.95. The number of amides is 2. The van der Waals surface area contributed by atoms with Crippen molar-refractivity contribution in [2.75, 3.05) is 18.5 Å². The molecule has 2 aromatic rings. The predicted molar refractivity (Wildman–Crippen MR) is 99.4 cm³/mol. The molecule has 140 valence electrons. The lowest BCUT2D eigenvalue weighted by Gasteiger charge is -2.29. The fourth-order valence-corrected chi connectivity index (χ4v) is 2.86. The Morgan fingerprint density at radius 2 is 1.85 bits per heavy atom. The highest BCUT2D eigenvalue weighted by Gasteiger charge is 2.33. The lowest BCUT2D eigenvalue weighted by molar-refractivity contribution is -0.139. The van der Waals surface area contributed by atoms with Crippen molar-refractivity contribution >= 4 is 17.7 Å². The lowest BCUT2D eigenvalue weighted by Crippen LogP contribution is -2.47. The van der Waals surface area contributed by atoms with Crippen LogP contribution < -0.4 is 16.0 Å². The predicted octanol–water partition coefficient (Wildman–Crippen LogP) is 3.11. The van der Waals surface area contributed by atoms with E-state index in [1.807, 2.05) is 30.3 Å². The minimum Gasteiger partial charge on any atom is -0.463 e. The number of hydrogen-bond acceptors (Lipinski definition) is 4. The third-order valence-electron chi connectivity index (χ3n) is 4.10. The minimum absolute atomic E-state index is 0.177. The van der Waals surface area contributed by atoms with Crippen LogP contribution in [-0.2, 0) is 9.53 Å². The van der Waals surface area contributed by atoms with Gasteiger partial charge in [0.25, 0.3) is 0 Å². The second-order valence-corrected chi connectivity index (χ2v) is 5.92. The van der Waals surface area contributed by atoms with Crippen molar-refractivity contribution in [1.82, 2.24) is 10.6 Å². The van der Waals surface area contributed by atoms with Gasteiger partial charge in [0.1, 0.15) is 5.82 Å².